The summed E-state index contributed by atoms with van der Waals surface area (Å²) >= 11 is 3.44. The summed E-state index contributed by atoms with van der Waals surface area (Å²) < 4.78 is 19.3. The van der Waals surface area contributed by atoms with Gasteiger partial charge in [-0.3, -0.25) is 4.79 Å². The van der Waals surface area contributed by atoms with Gasteiger partial charge in [-0.1, -0.05) is 50.5 Å². The van der Waals surface area contributed by atoms with Crippen LogP contribution >= 0.6 is 15.9 Å². The largest absolute Gasteiger partial charge is 0.493 e. The molecule has 3 rings (SSSR count). The molecule has 0 unspecified atom stereocenters. The van der Waals surface area contributed by atoms with Crippen molar-refractivity contribution in [3.8, 4) is 17.2 Å². The van der Waals surface area contributed by atoms with Gasteiger partial charge in [0.2, 0.25) is 5.75 Å². The Morgan fingerprint density at radius 3 is 2.35 bits per heavy atom. The molecule has 0 radical (unpaired) electrons. The molecule has 0 aliphatic carbocycles. The lowest BCUT2D eigenvalue weighted by atomic mass is 9.99. The zero-order chi connectivity index (χ0) is 25.0. The average Bonchev–Trinajstić information content (AvgIpc) is 2.80. The van der Waals surface area contributed by atoms with Crippen molar-refractivity contribution in [2.45, 2.75) is 47.0 Å². The highest BCUT2D eigenvalue weighted by Crippen LogP contribution is 2.39. The molecule has 0 saturated carbocycles. The van der Waals surface area contributed by atoms with E-state index in [2.05, 4.69) is 48.7 Å². The van der Waals surface area contributed by atoms with Crippen LogP contribution in [0.1, 0.15) is 58.3 Å². The van der Waals surface area contributed by atoms with E-state index >= 15 is 0 Å². The summed E-state index contributed by atoms with van der Waals surface area (Å²) in [7, 11) is 3.16. The summed E-state index contributed by atoms with van der Waals surface area (Å²) in [6.07, 6.45) is 2.43. The van der Waals surface area contributed by atoms with Crippen molar-refractivity contribution in [1.82, 2.24) is 9.66 Å². The predicted molar refractivity (Wildman–Crippen MR) is 140 cm³/mol. The molecule has 0 aliphatic heterocycles. The molecule has 0 aliphatic rings. The smallest absolute Gasteiger partial charge is 0.282 e. The lowest BCUT2D eigenvalue weighted by Gasteiger charge is -2.21. The third kappa shape index (κ3) is 5.78. The maximum absolute atomic E-state index is 13.3. The molecule has 0 fully saturated rings. The summed E-state index contributed by atoms with van der Waals surface area (Å²) in [4.78, 5) is 18.1. The Hall–Kier alpha value is -2.87. The van der Waals surface area contributed by atoms with E-state index < -0.39 is 0 Å². The number of nitrogens with zero attached hydrogens (tertiary/aromatic N) is 3. The lowest BCUT2D eigenvalue weighted by Crippen LogP contribution is -2.23. The van der Waals surface area contributed by atoms with Gasteiger partial charge in [0, 0.05) is 16.0 Å². The van der Waals surface area contributed by atoms with E-state index in [-0.39, 0.29) is 16.9 Å². The Bertz CT molecular complexity index is 1240. The molecule has 2 aromatic carbocycles. The van der Waals surface area contributed by atoms with Gasteiger partial charge in [-0.05, 0) is 42.2 Å². The van der Waals surface area contributed by atoms with Crippen molar-refractivity contribution in [1.29, 1.82) is 0 Å². The maximum atomic E-state index is 13.3. The maximum Gasteiger partial charge on any atom is 0.282 e. The Balaban J connectivity index is 2.10. The second kappa shape index (κ2) is 10.6. The van der Waals surface area contributed by atoms with Gasteiger partial charge in [-0.25, -0.2) is 4.98 Å². The van der Waals surface area contributed by atoms with Gasteiger partial charge >= 0.3 is 0 Å². The average molecular weight is 530 g/mol. The fourth-order valence-corrected chi connectivity index (χ4v) is 3.67. The Morgan fingerprint density at radius 1 is 1.15 bits per heavy atom. The highest BCUT2D eigenvalue weighted by atomic mass is 79.9. The van der Waals surface area contributed by atoms with Gasteiger partial charge in [0.05, 0.1) is 37.9 Å². The normalized spacial score (nSPS) is 12.8. The number of hydrogen-bond donors (Lipinski definition) is 0. The minimum atomic E-state index is -0.220. The van der Waals surface area contributed by atoms with E-state index in [1.165, 1.54) is 4.68 Å². The van der Waals surface area contributed by atoms with Gasteiger partial charge in [-0.15, -0.1) is 0 Å². The Labute approximate surface area is 208 Å². The highest BCUT2D eigenvalue weighted by Gasteiger charge is 2.19. The fraction of sp³-hybridized carbons (Fsp3) is 0.423. The van der Waals surface area contributed by atoms with Crippen molar-refractivity contribution in [3.05, 3.63) is 56.5 Å². The molecule has 0 amide bonds. The first kappa shape index (κ1) is 25.7. The summed E-state index contributed by atoms with van der Waals surface area (Å²) in [5, 5.41) is 5.04. The Kier molecular flexibility index (Phi) is 8.02. The number of aromatic nitrogens is 2. The first-order chi connectivity index (χ1) is 16.1. The quantitative estimate of drug-likeness (QED) is 0.334. The van der Waals surface area contributed by atoms with E-state index in [1.807, 2.05) is 31.2 Å². The van der Waals surface area contributed by atoms with Gasteiger partial charge < -0.3 is 14.2 Å². The number of methoxy groups -OCH3 is 2. The molecule has 34 heavy (non-hydrogen) atoms. The summed E-state index contributed by atoms with van der Waals surface area (Å²) in [6.45, 7) is 10.9. The molecule has 1 heterocycles. The summed E-state index contributed by atoms with van der Waals surface area (Å²) in [5.74, 6) is 2.25. The topological polar surface area (TPSA) is 74.9 Å². The Morgan fingerprint density at radius 2 is 1.79 bits per heavy atom. The minimum absolute atomic E-state index is 0.0260. The van der Waals surface area contributed by atoms with Crippen LogP contribution in [-0.4, -0.2) is 36.7 Å². The zero-order valence-electron chi connectivity index (χ0n) is 20.8. The van der Waals surface area contributed by atoms with E-state index in [4.69, 9.17) is 19.2 Å². The van der Waals surface area contributed by atoms with Gasteiger partial charge in [0.25, 0.3) is 5.56 Å². The minimum Gasteiger partial charge on any atom is -0.493 e. The second-order valence-corrected chi connectivity index (χ2v) is 10.3. The van der Waals surface area contributed by atoms with Crippen LogP contribution in [0.25, 0.3) is 10.9 Å². The number of ether oxygens (including phenoxy) is 3. The van der Waals surface area contributed by atoms with Gasteiger partial charge in [0.15, 0.2) is 11.5 Å². The third-order valence-corrected chi connectivity index (χ3v) is 5.83. The molecule has 1 aromatic heterocycles. The molecule has 0 spiro atoms. The molecule has 3 aromatic rings. The highest BCUT2D eigenvalue weighted by molar-refractivity contribution is 9.10. The van der Waals surface area contributed by atoms with Crippen LogP contribution < -0.4 is 19.8 Å². The van der Waals surface area contributed by atoms with Crippen molar-refractivity contribution in [2.75, 3.05) is 20.8 Å². The molecule has 7 nitrogen and oxygen atoms in total. The van der Waals surface area contributed by atoms with Crippen LogP contribution in [-0.2, 0) is 0 Å². The third-order valence-electron chi connectivity index (χ3n) is 5.34. The van der Waals surface area contributed by atoms with Crippen LogP contribution in [0, 0.1) is 5.41 Å². The second-order valence-electron chi connectivity index (χ2n) is 9.41. The summed E-state index contributed by atoms with van der Waals surface area (Å²) in [6, 6.07) is 9.11. The number of hydrogen-bond acceptors (Lipinski definition) is 6. The fourth-order valence-electron chi connectivity index (χ4n) is 3.31. The molecule has 0 saturated heterocycles. The SMILES string of the molecule is CC[C@H](C)c1nc2ccc(Br)cc2c(=O)n1N=Cc1cc(OC)c(OCC(C)(C)C)c(OC)c1. The van der Waals surface area contributed by atoms with Crippen molar-refractivity contribution >= 4 is 33.0 Å². The lowest BCUT2D eigenvalue weighted by molar-refractivity contribution is 0.184. The van der Waals surface area contributed by atoms with Crippen LogP contribution in [0.5, 0.6) is 17.2 Å². The molecule has 1 atom stereocenters. The number of halogens is 1. The first-order valence-electron chi connectivity index (χ1n) is 11.2. The molecule has 0 bridgehead atoms. The molecule has 0 N–H and O–H groups in total. The van der Waals surface area contributed by atoms with Gasteiger partial charge in [0.1, 0.15) is 5.82 Å². The predicted octanol–water partition coefficient (Wildman–Crippen LogP) is 6.00. The van der Waals surface area contributed by atoms with Crippen LogP contribution in [0.4, 0.5) is 0 Å². The van der Waals surface area contributed by atoms with Crippen LogP contribution in [0.3, 0.4) is 0 Å². The number of rotatable bonds is 8. The van der Waals surface area contributed by atoms with Crippen molar-refractivity contribution in [3.63, 3.8) is 0 Å². The molecular weight excluding hydrogens is 498 g/mol. The van der Waals surface area contributed by atoms with Gasteiger partial charge in [-0.2, -0.15) is 9.78 Å². The first-order valence-corrected chi connectivity index (χ1v) is 12.0. The van der Waals surface area contributed by atoms with E-state index in [9.17, 15) is 4.79 Å². The summed E-state index contributed by atoms with van der Waals surface area (Å²) in [5.41, 5.74) is 1.11. The van der Waals surface area contributed by atoms with Crippen molar-refractivity contribution < 1.29 is 14.2 Å². The van der Waals surface area contributed by atoms with Crippen LogP contribution in [0.2, 0.25) is 0 Å². The molecular formula is C26H32BrN3O4. The number of benzene rings is 2. The van der Waals surface area contributed by atoms with Crippen LogP contribution in [0.15, 0.2) is 44.7 Å². The van der Waals surface area contributed by atoms with E-state index in [1.54, 1.807) is 26.5 Å². The van der Waals surface area contributed by atoms with E-state index in [0.29, 0.717) is 46.1 Å². The standard InChI is InChI=1S/C26H32BrN3O4/c1-8-16(2)24-29-20-10-9-18(27)13-19(20)25(31)30(24)28-14-17-11-21(32-6)23(22(12-17)33-7)34-15-26(3,4)5/h9-14,16H,8,15H2,1-7H3/t16-/m0/s1. The van der Waals surface area contributed by atoms with Crippen molar-refractivity contribution in [2.24, 2.45) is 10.5 Å². The number of fused-ring (bicyclic) bond motifs is 1. The molecule has 182 valence electrons. The van der Waals surface area contributed by atoms with E-state index in [0.717, 1.165) is 10.9 Å². The zero-order valence-corrected chi connectivity index (χ0v) is 22.4. The monoisotopic (exact) mass is 529 g/mol. The molecule has 8 heteroatoms.